The van der Waals surface area contributed by atoms with Gasteiger partial charge in [-0.3, -0.25) is 4.79 Å². The minimum atomic E-state index is -0.906. The molecule has 0 aliphatic carbocycles. The minimum Gasteiger partial charge on any atom is -0.488 e. The van der Waals surface area contributed by atoms with Crippen molar-refractivity contribution in [2.24, 2.45) is 0 Å². The van der Waals surface area contributed by atoms with E-state index in [0.717, 1.165) is 10.8 Å². The first-order valence-corrected chi connectivity index (χ1v) is 7.34. The van der Waals surface area contributed by atoms with Gasteiger partial charge in [0.15, 0.2) is 5.78 Å². The first-order valence-electron chi connectivity index (χ1n) is 7.34. The SMILES string of the molecule is CC(=O)c1ccc2ccccc2c1OB1Oc2ccccc2O1. The maximum atomic E-state index is 11.9. The minimum absolute atomic E-state index is 0.0683. The van der Waals surface area contributed by atoms with Crippen molar-refractivity contribution in [3.05, 3.63) is 66.2 Å². The molecule has 0 amide bonds. The number of hydrogen-bond donors (Lipinski definition) is 0. The zero-order chi connectivity index (χ0) is 15.8. The van der Waals surface area contributed by atoms with Crippen LogP contribution in [0.4, 0.5) is 0 Å². The van der Waals surface area contributed by atoms with Crippen molar-refractivity contribution < 1.29 is 18.8 Å². The number of carbonyl (C=O) groups is 1. The van der Waals surface area contributed by atoms with Gasteiger partial charge in [0.05, 0.1) is 5.56 Å². The van der Waals surface area contributed by atoms with Gasteiger partial charge in [-0.15, -0.1) is 0 Å². The van der Waals surface area contributed by atoms with Gasteiger partial charge in [0.2, 0.25) is 0 Å². The lowest BCUT2D eigenvalue weighted by atomic mass is 10.0. The zero-order valence-corrected chi connectivity index (χ0v) is 12.5. The molecule has 4 rings (SSSR count). The molecule has 0 bridgehead atoms. The molecule has 0 saturated heterocycles. The fourth-order valence-corrected chi connectivity index (χ4v) is 2.67. The Hall–Kier alpha value is -2.95. The first kappa shape index (κ1) is 13.7. The topological polar surface area (TPSA) is 44.8 Å². The Kier molecular flexibility index (Phi) is 3.19. The second-order valence-corrected chi connectivity index (χ2v) is 5.31. The van der Waals surface area contributed by atoms with Crippen LogP contribution < -0.4 is 14.0 Å². The van der Waals surface area contributed by atoms with Gasteiger partial charge in [-0.05, 0) is 30.5 Å². The summed E-state index contributed by atoms with van der Waals surface area (Å²) >= 11 is 0. The predicted octanol–water partition coefficient (Wildman–Crippen LogP) is 3.88. The maximum absolute atomic E-state index is 11.9. The van der Waals surface area contributed by atoms with E-state index in [4.69, 9.17) is 14.0 Å². The molecule has 0 fully saturated rings. The summed E-state index contributed by atoms with van der Waals surface area (Å²) < 4.78 is 17.2. The van der Waals surface area contributed by atoms with Crippen LogP contribution in [-0.4, -0.2) is 13.1 Å². The van der Waals surface area contributed by atoms with Gasteiger partial charge in [0.1, 0.15) is 17.2 Å². The second-order valence-electron chi connectivity index (χ2n) is 5.31. The molecule has 0 N–H and O–H groups in total. The van der Waals surface area contributed by atoms with E-state index >= 15 is 0 Å². The summed E-state index contributed by atoms with van der Waals surface area (Å²) in [5.41, 5.74) is 0.506. The van der Waals surface area contributed by atoms with Gasteiger partial charge in [-0.1, -0.05) is 42.5 Å². The summed E-state index contributed by atoms with van der Waals surface area (Å²) in [6.45, 7) is 1.52. The molecule has 0 atom stereocenters. The van der Waals surface area contributed by atoms with Gasteiger partial charge in [-0.25, -0.2) is 0 Å². The smallest absolute Gasteiger partial charge is 0.488 e. The van der Waals surface area contributed by atoms with Crippen LogP contribution in [0.15, 0.2) is 60.7 Å². The van der Waals surface area contributed by atoms with E-state index in [1.807, 2.05) is 54.6 Å². The molecule has 0 aromatic heterocycles. The van der Waals surface area contributed by atoms with E-state index in [1.165, 1.54) is 6.92 Å². The number of Topliss-reactive ketones (excluding diaryl/α,β-unsaturated/α-hetero) is 1. The summed E-state index contributed by atoms with van der Waals surface area (Å²) in [5, 5.41) is 1.84. The molecule has 1 aliphatic rings. The van der Waals surface area contributed by atoms with E-state index in [1.54, 1.807) is 6.07 Å². The quantitative estimate of drug-likeness (QED) is 0.544. The molecule has 3 aromatic carbocycles. The Bertz CT molecular complexity index is 881. The van der Waals surface area contributed by atoms with Crippen molar-refractivity contribution >= 4 is 23.9 Å². The molecule has 4 nitrogen and oxygen atoms in total. The normalized spacial score (nSPS) is 12.5. The standard InChI is InChI=1S/C18H13BO4/c1-12(20)14-11-10-13-6-2-3-7-15(13)18(14)23-19-21-16-8-4-5-9-17(16)22-19/h2-11H,1H3. The fourth-order valence-electron chi connectivity index (χ4n) is 2.67. The Balaban J connectivity index is 1.74. The average Bonchev–Trinajstić information content (AvgIpc) is 2.97. The van der Waals surface area contributed by atoms with Crippen LogP contribution in [-0.2, 0) is 0 Å². The Morgan fingerprint density at radius 2 is 1.57 bits per heavy atom. The molecule has 23 heavy (non-hydrogen) atoms. The molecule has 0 saturated carbocycles. The van der Waals surface area contributed by atoms with E-state index < -0.39 is 7.32 Å². The van der Waals surface area contributed by atoms with E-state index in [-0.39, 0.29) is 5.78 Å². The molecule has 1 heterocycles. The molecule has 0 unspecified atom stereocenters. The van der Waals surface area contributed by atoms with Crippen molar-refractivity contribution in [3.63, 3.8) is 0 Å². The van der Waals surface area contributed by atoms with Gasteiger partial charge >= 0.3 is 7.32 Å². The van der Waals surface area contributed by atoms with Gasteiger partial charge in [-0.2, -0.15) is 0 Å². The monoisotopic (exact) mass is 304 g/mol. The van der Waals surface area contributed by atoms with Crippen LogP contribution in [0.1, 0.15) is 17.3 Å². The number of carbonyl (C=O) groups excluding carboxylic acids is 1. The third kappa shape index (κ3) is 2.40. The summed E-state index contributed by atoms with van der Waals surface area (Å²) in [6.07, 6.45) is 0. The third-order valence-electron chi connectivity index (χ3n) is 3.77. The summed E-state index contributed by atoms with van der Waals surface area (Å²) in [7, 11) is -0.906. The van der Waals surface area contributed by atoms with Crippen LogP contribution in [0.3, 0.4) is 0 Å². The first-order chi connectivity index (χ1) is 11.2. The van der Waals surface area contributed by atoms with Crippen molar-refractivity contribution in [3.8, 4) is 17.2 Å². The Morgan fingerprint density at radius 3 is 2.26 bits per heavy atom. The number of rotatable bonds is 3. The van der Waals surface area contributed by atoms with Crippen molar-refractivity contribution in [2.45, 2.75) is 6.92 Å². The predicted molar refractivity (Wildman–Crippen MR) is 88.0 cm³/mol. The third-order valence-corrected chi connectivity index (χ3v) is 3.77. The molecule has 1 aliphatic heterocycles. The largest absolute Gasteiger partial charge is 0.864 e. The molecule has 0 radical (unpaired) electrons. The molecular weight excluding hydrogens is 291 g/mol. The highest BCUT2D eigenvalue weighted by molar-refractivity contribution is 6.41. The van der Waals surface area contributed by atoms with Crippen LogP contribution in [0.5, 0.6) is 17.2 Å². The average molecular weight is 304 g/mol. The number of ketones is 1. The van der Waals surface area contributed by atoms with Gasteiger partial charge in [0, 0.05) is 5.39 Å². The molecule has 112 valence electrons. The lowest BCUT2D eigenvalue weighted by Crippen LogP contribution is -2.32. The zero-order valence-electron chi connectivity index (χ0n) is 12.5. The van der Waals surface area contributed by atoms with Crippen LogP contribution in [0.25, 0.3) is 10.8 Å². The molecule has 3 aromatic rings. The molecule has 0 spiro atoms. The van der Waals surface area contributed by atoms with Crippen LogP contribution >= 0.6 is 0 Å². The van der Waals surface area contributed by atoms with Crippen LogP contribution in [0.2, 0.25) is 0 Å². The highest BCUT2D eigenvalue weighted by Crippen LogP contribution is 2.36. The highest BCUT2D eigenvalue weighted by Gasteiger charge is 2.38. The summed E-state index contributed by atoms with van der Waals surface area (Å²) in [6, 6.07) is 18.8. The number of hydrogen-bond acceptors (Lipinski definition) is 4. The van der Waals surface area contributed by atoms with E-state index in [0.29, 0.717) is 22.8 Å². The maximum Gasteiger partial charge on any atom is 0.864 e. The second kappa shape index (κ2) is 5.36. The van der Waals surface area contributed by atoms with E-state index in [2.05, 4.69) is 0 Å². The summed E-state index contributed by atoms with van der Waals surface area (Å²) in [4.78, 5) is 11.9. The molecule has 5 heteroatoms. The number of fused-ring (bicyclic) bond motifs is 2. The lowest BCUT2D eigenvalue weighted by molar-refractivity contribution is 0.101. The highest BCUT2D eigenvalue weighted by atomic mass is 16.8. The van der Waals surface area contributed by atoms with Gasteiger partial charge < -0.3 is 14.0 Å². The summed E-state index contributed by atoms with van der Waals surface area (Å²) in [5.74, 6) is 1.67. The number of benzene rings is 3. The Labute approximate surface area is 133 Å². The number of para-hydroxylation sites is 2. The van der Waals surface area contributed by atoms with Gasteiger partial charge in [0.25, 0.3) is 0 Å². The van der Waals surface area contributed by atoms with Crippen molar-refractivity contribution in [1.29, 1.82) is 0 Å². The van der Waals surface area contributed by atoms with Crippen molar-refractivity contribution in [2.75, 3.05) is 0 Å². The molecular formula is C18H13BO4. The Morgan fingerprint density at radius 1 is 0.913 bits per heavy atom. The lowest BCUT2D eigenvalue weighted by Gasteiger charge is -2.13. The van der Waals surface area contributed by atoms with Crippen LogP contribution in [0, 0.1) is 0 Å². The van der Waals surface area contributed by atoms with E-state index in [9.17, 15) is 4.79 Å². The fraction of sp³-hybridized carbons (Fsp3) is 0.0556. The van der Waals surface area contributed by atoms with Crippen molar-refractivity contribution in [1.82, 2.24) is 0 Å².